The van der Waals surface area contributed by atoms with Gasteiger partial charge in [-0.2, -0.15) is 4.98 Å². The Bertz CT molecular complexity index is 2710. The fourth-order valence-corrected chi connectivity index (χ4v) is 8.84. The highest BCUT2D eigenvalue weighted by atomic mass is 19.1. The van der Waals surface area contributed by atoms with E-state index in [1.165, 1.54) is 18.1 Å². The molecule has 0 saturated carbocycles. The molecule has 64 heavy (non-hydrogen) atoms. The highest BCUT2D eigenvalue weighted by molar-refractivity contribution is 6.06. The predicted molar refractivity (Wildman–Crippen MR) is 242 cm³/mol. The van der Waals surface area contributed by atoms with Crippen molar-refractivity contribution in [3.63, 3.8) is 0 Å². The van der Waals surface area contributed by atoms with Gasteiger partial charge in [-0.15, -0.1) is 0 Å². The molecule has 17 heteroatoms. The second-order valence-electron chi connectivity index (χ2n) is 18.1. The standard InChI is InChI=1S/C47H53FN12O4/c1-28-21-34(36(48)22-32(28)25-50-44(62)43-55-45(64-56-43)47(3,4)5)41-35-23-37(53-42(35)52-27-51-41)31-6-9-39(49-24-31)59-18-16-57(17-19-59)26-30-10-13-58(14-11-30)33-7-8-38(29(2)20-33)60-15-12-40(61)54-46(60)63/h6-9,20-24,27,30H,10-19,25-26H2,1-5H3,(H,50,62)(H,51,52,53)(H,54,61,63). The quantitative estimate of drug-likeness (QED) is 0.136. The highest BCUT2D eigenvalue weighted by Crippen LogP contribution is 2.34. The van der Waals surface area contributed by atoms with Crippen molar-refractivity contribution in [3.8, 4) is 22.5 Å². The first-order valence-corrected chi connectivity index (χ1v) is 21.9. The highest BCUT2D eigenvalue weighted by Gasteiger charge is 2.29. The van der Waals surface area contributed by atoms with Gasteiger partial charge in [-0.25, -0.2) is 24.1 Å². The number of aryl methyl sites for hydroxylation is 2. The topological polar surface area (TPSA) is 182 Å². The Morgan fingerprint density at radius 2 is 1.70 bits per heavy atom. The summed E-state index contributed by atoms with van der Waals surface area (Å²) < 4.78 is 21.1. The van der Waals surface area contributed by atoms with Gasteiger partial charge in [-0.3, -0.25) is 24.7 Å². The van der Waals surface area contributed by atoms with Crippen LogP contribution in [0.5, 0.6) is 0 Å². The average Bonchev–Trinajstić information content (AvgIpc) is 3.97. The van der Waals surface area contributed by atoms with E-state index in [-0.39, 0.29) is 24.3 Å². The lowest BCUT2D eigenvalue weighted by Crippen LogP contribution is -2.49. The van der Waals surface area contributed by atoms with E-state index in [1.54, 1.807) is 11.0 Å². The zero-order valence-electron chi connectivity index (χ0n) is 36.9. The Balaban J connectivity index is 0.774. The number of carbonyl (C=O) groups excluding carboxylic acids is 3. The van der Waals surface area contributed by atoms with Gasteiger partial charge >= 0.3 is 6.03 Å². The number of carbonyl (C=O) groups is 3. The summed E-state index contributed by atoms with van der Waals surface area (Å²) in [6.07, 6.45) is 5.86. The molecule has 3 aliphatic rings. The number of amides is 4. The molecule has 16 nitrogen and oxygen atoms in total. The van der Waals surface area contributed by atoms with Gasteiger partial charge in [-0.1, -0.05) is 25.9 Å². The molecule has 7 heterocycles. The molecule has 3 fully saturated rings. The molecule has 3 aliphatic heterocycles. The first kappa shape index (κ1) is 42.5. The number of nitrogens with one attached hydrogen (secondary N) is 3. The molecule has 0 radical (unpaired) electrons. The number of H-pyrrole nitrogens is 1. The third kappa shape index (κ3) is 8.89. The van der Waals surface area contributed by atoms with Crippen molar-refractivity contribution in [2.45, 2.75) is 65.8 Å². The van der Waals surface area contributed by atoms with Gasteiger partial charge in [0.2, 0.25) is 11.8 Å². The van der Waals surface area contributed by atoms with Crippen molar-refractivity contribution in [3.05, 3.63) is 95.3 Å². The number of hydrogen-bond donors (Lipinski definition) is 3. The molecule has 9 rings (SSSR count). The number of nitrogens with zero attached hydrogens (tertiary/aromatic N) is 9. The largest absolute Gasteiger partial charge is 0.372 e. The minimum absolute atomic E-state index is 0.0697. The van der Waals surface area contributed by atoms with Crippen LogP contribution in [0.25, 0.3) is 33.5 Å². The number of pyridine rings is 1. The molecule has 0 bridgehead atoms. The molecule has 0 spiro atoms. The maximum atomic E-state index is 15.8. The van der Waals surface area contributed by atoms with E-state index in [0.29, 0.717) is 52.6 Å². The van der Waals surface area contributed by atoms with Gasteiger partial charge in [0.25, 0.3) is 11.7 Å². The summed E-state index contributed by atoms with van der Waals surface area (Å²) in [5.41, 5.74) is 7.13. The number of fused-ring (bicyclic) bond motifs is 1. The van der Waals surface area contributed by atoms with E-state index in [2.05, 4.69) is 68.6 Å². The van der Waals surface area contributed by atoms with Crippen LogP contribution in [0.15, 0.2) is 65.6 Å². The van der Waals surface area contributed by atoms with Crippen LogP contribution in [0.3, 0.4) is 0 Å². The summed E-state index contributed by atoms with van der Waals surface area (Å²) in [6, 6.07) is 15.1. The number of anilines is 3. The molecular weight excluding hydrogens is 816 g/mol. The van der Waals surface area contributed by atoms with Crippen molar-refractivity contribution in [1.82, 2.24) is 45.6 Å². The van der Waals surface area contributed by atoms with Crippen LogP contribution >= 0.6 is 0 Å². The van der Waals surface area contributed by atoms with Crippen molar-refractivity contribution in [2.75, 3.05) is 67.1 Å². The van der Waals surface area contributed by atoms with Crippen LogP contribution in [0.4, 0.5) is 26.4 Å². The maximum Gasteiger partial charge on any atom is 0.328 e. The van der Waals surface area contributed by atoms with Gasteiger partial charge in [0.05, 0.1) is 5.69 Å². The Labute approximate surface area is 370 Å². The summed E-state index contributed by atoms with van der Waals surface area (Å²) in [5.74, 6) is 0.668. The number of aromatic nitrogens is 6. The van der Waals surface area contributed by atoms with Crippen LogP contribution in [0, 0.1) is 25.6 Å². The number of benzene rings is 2. The molecule has 4 aromatic heterocycles. The number of rotatable bonds is 10. The lowest BCUT2D eigenvalue weighted by Gasteiger charge is -2.40. The van der Waals surface area contributed by atoms with Crippen LogP contribution in [-0.2, 0) is 16.8 Å². The number of piperazine rings is 1. The van der Waals surface area contributed by atoms with Gasteiger partial charge in [0, 0.05) is 111 Å². The van der Waals surface area contributed by atoms with Gasteiger partial charge in [-0.05, 0) is 97.8 Å². The molecule has 3 saturated heterocycles. The predicted octanol–water partition coefficient (Wildman–Crippen LogP) is 6.54. The third-order valence-corrected chi connectivity index (χ3v) is 12.6. The minimum Gasteiger partial charge on any atom is -0.372 e. The Morgan fingerprint density at radius 3 is 2.41 bits per heavy atom. The monoisotopic (exact) mass is 868 g/mol. The molecule has 0 unspecified atom stereocenters. The number of aromatic amines is 1. The number of urea groups is 1. The van der Waals surface area contributed by atoms with Crippen LogP contribution in [-0.4, -0.2) is 105 Å². The summed E-state index contributed by atoms with van der Waals surface area (Å²) in [6.45, 7) is 17.0. The Morgan fingerprint density at radius 1 is 0.906 bits per heavy atom. The number of halogens is 1. The SMILES string of the molecule is Cc1cc(-c2ncnc3[nH]c(-c4ccc(N5CCN(CC6CCN(c7ccc(N8CCC(=O)NC8=O)c(C)c7)CC6)CC5)nc4)cc23)c(F)cc1CNC(=O)c1noc(C(C)(C)C)n1. The molecular formula is C47H53FN12O4. The van der Waals surface area contributed by atoms with E-state index < -0.39 is 17.1 Å². The number of piperidine rings is 1. The van der Waals surface area contributed by atoms with Crippen LogP contribution in [0.2, 0.25) is 0 Å². The summed E-state index contributed by atoms with van der Waals surface area (Å²) in [7, 11) is 0. The maximum absolute atomic E-state index is 15.8. The van der Waals surface area contributed by atoms with E-state index in [9.17, 15) is 14.4 Å². The summed E-state index contributed by atoms with van der Waals surface area (Å²) in [5, 5.41) is 9.67. The third-order valence-electron chi connectivity index (χ3n) is 12.6. The molecule has 0 aliphatic carbocycles. The van der Waals surface area contributed by atoms with Gasteiger partial charge in [0.15, 0.2) is 0 Å². The smallest absolute Gasteiger partial charge is 0.328 e. The molecule has 3 N–H and O–H groups in total. The molecule has 332 valence electrons. The Hall–Kier alpha value is -6.75. The number of imide groups is 1. The van der Waals surface area contributed by atoms with Gasteiger partial charge in [0.1, 0.15) is 23.6 Å². The van der Waals surface area contributed by atoms with E-state index in [4.69, 9.17) is 9.51 Å². The fraction of sp³-hybridized carbons (Fsp3) is 0.404. The molecule has 6 aromatic rings. The lowest BCUT2D eigenvalue weighted by molar-refractivity contribution is -0.120. The zero-order chi connectivity index (χ0) is 44.7. The second-order valence-corrected chi connectivity index (χ2v) is 18.1. The van der Waals surface area contributed by atoms with E-state index in [0.717, 1.165) is 92.5 Å². The molecule has 0 atom stereocenters. The van der Waals surface area contributed by atoms with Crippen molar-refractivity contribution >= 4 is 46.1 Å². The molecule has 4 amide bonds. The first-order chi connectivity index (χ1) is 30.8. The Kier molecular flexibility index (Phi) is 11.6. The van der Waals surface area contributed by atoms with Crippen molar-refractivity contribution in [1.29, 1.82) is 0 Å². The van der Waals surface area contributed by atoms with E-state index in [1.807, 2.05) is 59.0 Å². The summed E-state index contributed by atoms with van der Waals surface area (Å²) in [4.78, 5) is 67.1. The fourth-order valence-electron chi connectivity index (χ4n) is 8.84. The van der Waals surface area contributed by atoms with Gasteiger partial charge < -0.3 is 24.6 Å². The average molecular weight is 869 g/mol. The van der Waals surface area contributed by atoms with Crippen LogP contribution < -0.4 is 25.3 Å². The molecule has 2 aromatic carbocycles. The number of hydrogen-bond acceptors (Lipinski definition) is 12. The first-order valence-electron chi connectivity index (χ1n) is 21.9. The van der Waals surface area contributed by atoms with Crippen LogP contribution in [0.1, 0.15) is 73.2 Å². The normalized spacial score (nSPS) is 16.8. The zero-order valence-corrected chi connectivity index (χ0v) is 36.9. The summed E-state index contributed by atoms with van der Waals surface area (Å²) >= 11 is 0. The second kappa shape index (κ2) is 17.4. The lowest BCUT2D eigenvalue weighted by atomic mass is 9.95. The van der Waals surface area contributed by atoms with Crippen molar-refractivity contribution < 1.29 is 23.3 Å². The van der Waals surface area contributed by atoms with E-state index >= 15 is 4.39 Å². The minimum atomic E-state index is -0.504. The van der Waals surface area contributed by atoms with Crippen molar-refractivity contribution in [2.24, 2.45) is 5.92 Å².